The highest BCUT2D eigenvalue weighted by Crippen LogP contribution is 2.65. The van der Waals surface area contributed by atoms with Gasteiger partial charge in [0.15, 0.2) is 5.78 Å². The molecule has 0 heterocycles. The van der Waals surface area contributed by atoms with Crippen LogP contribution < -0.4 is 0 Å². The van der Waals surface area contributed by atoms with Gasteiger partial charge in [-0.1, -0.05) is 19.4 Å². The summed E-state index contributed by atoms with van der Waals surface area (Å²) in [5.74, 6) is 2.73. The van der Waals surface area contributed by atoms with Crippen LogP contribution in [-0.4, -0.2) is 25.8 Å². The van der Waals surface area contributed by atoms with Crippen LogP contribution in [0.2, 0.25) is 0 Å². The Morgan fingerprint density at radius 1 is 1.08 bits per heavy atom. The molecule has 4 aliphatic rings. The molecular formula is C21H32O3. The minimum absolute atomic E-state index is 0.281. The predicted molar refractivity (Wildman–Crippen MR) is 93.5 cm³/mol. The van der Waals surface area contributed by atoms with Gasteiger partial charge in [-0.15, -0.1) is 0 Å². The molecule has 4 rings (SSSR count). The summed E-state index contributed by atoms with van der Waals surface area (Å²) in [7, 11) is 1.71. The molecule has 0 aromatic carbocycles. The van der Waals surface area contributed by atoms with Crippen LogP contribution >= 0.6 is 0 Å². The molecule has 0 aliphatic heterocycles. The van der Waals surface area contributed by atoms with Crippen LogP contribution in [0.1, 0.15) is 65.2 Å². The Morgan fingerprint density at radius 2 is 1.92 bits per heavy atom. The van der Waals surface area contributed by atoms with Gasteiger partial charge in [0.25, 0.3) is 0 Å². The van der Waals surface area contributed by atoms with Crippen LogP contribution in [0.15, 0.2) is 11.6 Å². The number of hydrogen-bond acceptors (Lipinski definition) is 3. The van der Waals surface area contributed by atoms with Crippen molar-refractivity contribution in [2.75, 3.05) is 13.9 Å². The van der Waals surface area contributed by atoms with Crippen molar-refractivity contribution in [1.29, 1.82) is 0 Å². The molecule has 4 aliphatic carbocycles. The number of rotatable bonds is 3. The van der Waals surface area contributed by atoms with Crippen LogP contribution in [-0.2, 0) is 14.3 Å². The second-order valence-corrected chi connectivity index (χ2v) is 9.15. The van der Waals surface area contributed by atoms with E-state index in [-0.39, 0.29) is 5.41 Å². The molecule has 0 N–H and O–H groups in total. The zero-order valence-corrected chi connectivity index (χ0v) is 15.5. The summed E-state index contributed by atoms with van der Waals surface area (Å²) in [4.78, 5) is 11.9. The minimum atomic E-state index is 0.281. The second kappa shape index (κ2) is 5.95. The number of allylic oxidation sites excluding steroid dienone is 1. The molecule has 3 nitrogen and oxygen atoms in total. The lowest BCUT2D eigenvalue weighted by Gasteiger charge is -2.58. The molecule has 0 saturated heterocycles. The fourth-order valence-electron chi connectivity index (χ4n) is 6.94. The third-order valence-electron chi connectivity index (χ3n) is 8.26. The lowest BCUT2D eigenvalue weighted by Crippen LogP contribution is -2.51. The Bertz CT molecular complexity index is 553. The molecule has 0 radical (unpaired) electrons. The van der Waals surface area contributed by atoms with E-state index in [1.807, 2.05) is 6.08 Å². The van der Waals surface area contributed by atoms with Crippen molar-refractivity contribution in [1.82, 2.24) is 0 Å². The lowest BCUT2D eigenvalue weighted by molar-refractivity contribution is -0.138. The molecule has 3 saturated carbocycles. The van der Waals surface area contributed by atoms with Crippen molar-refractivity contribution in [3.05, 3.63) is 11.6 Å². The van der Waals surface area contributed by atoms with E-state index < -0.39 is 0 Å². The van der Waals surface area contributed by atoms with Crippen LogP contribution in [0.25, 0.3) is 0 Å². The van der Waals surface area contributed by atoms with E-state index in [9.17, 15) is 4.79 Å². The van der Waals surface area contributed by atoms with Crippen molar-refractivity contribution < 1.29 is 14.3 Å². The van der Waals surface area contributed by atoms with Crippen molar-refractivity contribution in [2.45, 2.75) is 71.3 Å². The third kappa shape index (κ3) is 2.34. The van der Waals surface area contributed by atoms with Crippen LogP contribution in [0.5, 0.6) is 0 Å². The second-order valence-electron chi connectivity index (χ2n) is 9.15. The van der Waals surface area contributed by atoms with Gasteiger partial charge in [-0.3, -0.25) is 4.79 Å². The summed E-state index contributed by atoms with van der Waals surface area (Å²) < 4.78 is 11.2. The van der Waals surface area contributed by atoms with Gasteiger partial charge in [0.2, 0.25) is 0 Å². The van der Waals surface area contributed by atoms with Gasteiger partial charge in [-0.25, -0.2) is 0 Å². The molecule has 3 heteroatoms. The number of carbonyl (C=O) groups excluding carboxylic acids is 1. The molecule has 0 spiro atoms. The summed E-state index contributed by atoms with van der Waals surface area (Å²) >= 11 is 0. The van der Waals surface area contributed by atoms with Gasteiger partial charge < -0.3 is 9.47 Å². The van der Waals surface area contributed by atoms with Gasteiger partial charge in [-0.2, -0.15) is 0 Å². The van der Waals surface area contributed by atoms with Crippen LogP contribution in [0.4, 0.5) is 0 Å². The molecule has 0 aromatic heterocycles. The Labute approximate surface area is 146 Å². The Morgan fingerprint density at radius 3 is 2.71 bits per heavy atom. The fourth-order valence-corrected chi connectivity index (χ4v) is 6.94. The van der Waals surface area contributed by atoms with E-state index in [0.717, 1.165) is 37.0 Å². The largest absolute Gasteiger partial charge is 0.359 e. The Hall–Kier alpha value is -0.670. The molecule has 3 fully saturated rings. The number of carbonyl (C=O) groups is 1. The number of ether oxygens (including phenoxy) is 2. The van der Waals surface area contributed by atoms with Crippen molar-refractivity contribution >= 4 is 5.78 Å². The highest BCUT2D eigenvalue weighted by atomic mass is 16.7. The molecule has 24 heavy (non-hydrogen) atoms. The number of ketones is 1. The van der Waals surface area contributed by atoms with Crippen LogP contribution in [0, 0.1) is 28.6 Å². The van der Waals surface area contributed by atoms with Crippen molar-refractivity contribution in [2.24, 2.45) is 28.6 Å². The number of methoxy groups -OCH3 is 1. The highest BCUT2D eigenvalue weighted by molar-refractivity contribution is 5.91. The molecule has 134 valence electrons. The predicted octanol–water partition coefficient (Wildman–Crippen LogP) is 4.51. The average molecular weight is 332 g/mol. The SMILES string of the molecule is COCOC1CC[C@H]2[C@@H]3CCC4=CC(=O)CC[C@]4(C)[C@@H]3CC[C@]12C. The standard InChI is InChI=1S/C21H32O3/c1-20-10-8-15(22)12-14(20)4-5-16-17-6-7-19(24-13-23-3)21(17,2)11-9-18(16)20/h12,16-19H,4-11,13H2,1-3H3/t16-,17-,18+,19?,20-,21-/m0/s1. The van der Waals surface area contributed by atoms with E-state index in [4.69, 9.17) is 9.47 Å². The van der Waals surface area contributed by atoms with E-state index in [2.05, 4.69) is 13.8 Å². The van der Waals surface area contributed by atoms with E-state index in [1.54, 1.807) is 7.11 Å². The summed E-state index contributed by atoms with van der Waals surface area (Å²) in [5, 5.41) is 0. The maximum Gasteiger partial charge on any atom is 0.155 e. The lowest BCUT2D eigenvalue weighted by atomic mass is 9.47. The van der Waals surface area contributed by atoms with E-state index in [1.165, 1.54) is 37.7 Å². The first-order chi connectivity index (χ1) is 11.5. The highest BCUT2D eigenvalue weighted by Gasteiger charge is 2.59. The average Bonchev–Trinajstić information content (AvgIpc) is 2.90. The molecule has 1 unspecified atom stereocenters. The first kappa shape index (κ1) is 16.8. The van der Waals surface area contributed by atoms with Gasteiger partial charge in [0.05, 0.1) is 6.10 Å². The first-order valence-corrected chi connectivity index (χ1v) is 9.83. The zero-order valence-electron chi connectivity index (χ0n) is 15.5. The van der Waals surface area contributed by atoms with E-state index in [0.29, 0.717) is 24.1 Å². The molecule has 6 atom stereocenters. The molecule has 0 amide bonds. The molecule has 0 bridgehead atoms. The van der Waals surface area contributed by atoms with Gasteiger partial charge >= 0.3 is 0 Å². The zero-order chi connectivity index (χ0) is 16.9. The van der Waals surface area contributed by atoms with Gasteiger partial charge in [0.1, 0.15) is 6.79 Å². The normalized spacial score (nSPS) is 47.6. The third-order valence-corrected chi connectivity index (χ3v) is 8.26. The van der Waals surface area contributed by atoms with Crippen molar-refractivity contribution in [3.8, 4) is 0 Å². The van der Waals surface area contributed by atoms with Gasteiger partial charge in [-0.05, 0) is 79.6 Å². The maximum absolute atomic E-state index is 11.9. The number of fused-ring (bicyclic) bond motifs is 5. The number of hydrogen-bond donors (Lipinski definition) is 0. The Balaban J connectivity index is 1.59. The summed E-state index contributed by atoms with van der Waals surface area (Å²) in [6.45, 7) is 5.35. The van der Waals surface area contributed by atoms with Crippen LogP contribution in [0.3, 0.4) is 0 Å². The topological polar surface area (TPSA) is 35.5 Å². The minimum Gasteiger partial charge on any atom is -0.359 e. The Kier molecular flexibility index (Phi) is 4.16. The smallest absolute Gasteiger partial charge is 0.155 e. The fraction of sp³-hybridized carbons (Fsp3) is 0.857. The first-order valence-electron chi connectivity index (χ1n) is 9.83. The van der Waals surface area contributed by atoms with Crippen molar-refractivity contribution in [3.63, 3.8) is 0 Å². The monoisotopic (exact) mass is 332 g/mol. The summed E-state index contributed by atoms with van der Waals surface area (Å²) in [6, 6.07) is 0. The summed E-state index contributed by atoms with van der Waals surface area (Å²) in [5.41, 5.74) is 2.07. The van der Waals surface area contributed by atoms with Gasteiger partial charge in [0, 0.05) is 13.5 Å². The van der Waals surface area contributed by atoms with E-state index >= 15 is 0 Å². The molecular weight excluding hydrogens is 300 g/mol. The summed E-state index contributed by atoms with van der Waals surface area (Å²) in [6.07, 6.45) is 11.7. The molecule has 0 aromatic rings. The quantitative estimate of drug-likeness (QED) is 0.714. The maximum atomic E-state index is 11.9.